The van der Waals surface area contributed by atoms with E-state index in [4.69, 9.17) is 0 Å². The van der Waals surface area contributed by atoms with Crippen LogP contribution in [0.25, 0.3) is 0 Å². The van der Waals surface area contributed by atoms with Crippen molar-refractivity contribution in [2.75, 3.05) is 11.9 Å². The van der Waals surface area contributed by atoms with E-state index in [1.165, 1.54) is 0 Å². The van der Waals surface area contributed by atoms with Gasteiger partial charge in [-0.2, -0.15) is 0 Å². The van der Waals surface area contributed by atoms with E-state index in [0.717, 1.165) is 22.4 Å². The highest BCUT2D eigenvalue weighted by molar-refractivity contribution is 9.10. The quantitative estimate of drug-likeness (QED) is 0.855. The molecular formula is C18H19BrN2O2. The zero-order valence-electron chi connectivity index (χ0n) is 13.4. The fourth-order valence-corrected chi connectivity index (χ4v) is 2.93. The van der Waals surface area contributed by atoms with Gasteiger partial charge in [-0.05, 0) is 60.0 Å². The minimum Gasteiger partial charge on any atom is -0.343 e. The third-order valence-corrected chi connectivity index (χ3v) is 4.16. The summed E-state index contributed by atoms with van der Waals surface area (Å²) in [7, 11) is 0. The molecule has 0 atom stereocenters. The Morgan fingerprint density at radius 1 is 1.04 bits per heavy atom. The van der Waals surface area contributed by atoms with Crippen LogP contribution in [0.4, 0.5) is 5.69 Å². The topological polar surface area (TPSA) is 58.2 Å². The molecule has 0 aliphatic rings. The summed E-state index contributed by atoms with van der Waals surface area (Å²) in [6.45, 7) is 5.85. The van der Waals surface area contributed by atoms with Gasteiger partial charge < -0.3 is 10.6 Å². The molecule has 2 aromatic rings. The molecule has 2 rings (SSSR count). The summed E-state index contributed by atoms with van der Waals surface area (Å²) < 4.78 is 0.697. The van der Waals surface area contributed by atoms with Gasteiger partial charge in [0.25, 0.3) is 5.91 Å². The summed E-state index contributed by atoms with van der Waals surface area (Å²) in [5, 5.41) is 5.49. The van der Waals surface area contributed by atoms with Gasteiger partial charge in [0.05, 0.1) is 12.1 Å². The van der Waals surface area contributed by atoms with Gasteiger partial charge in [0, 0.05) is 10.2 Å². The van der Waals surface area contributed by atoms with E-state index in [0.29, 0.717) is 10.0 Å². The fourth-order valence-electron chi connectivity index (χ4n) is 2.46. The molecule has 0 saturated carbocycles. The minimum atomic E-state index is -0.287. The molecule has 0 radical (unpaired) electrons. The first kappa shape index (κ1) is 17.2. The summed E-state index contributed by atoms with van der Waals surface area (Å²) >= 11 is 3.32. The number of rotatable bonds is 4. The van der Waals surface area contributed by atoms with Gasteiger partial charge in [-0.15, -0.1) is 0 Å². The molecule has 0 fully saturated rings. The van der Waals surface area contributed by atoms with Gasteiger partial charge >= 0.3 is 0 Å². The van der Waals surface area contributed by atoms with Crippen LogP contribution in [0.3, 0.4) is 0 Å². The summed E-state index contributed by atoms with van der Waals surface area (Å²) in [4.78, 5) is 24.2. The molecule has 23 heavy (non-hydrogen) atoms. The monoisotopic (exact) mass is 374 g/mol. The Morgan fingerprint density at radius 3 is 2.26 bits per heavy atom. The largest absolute Gasteiger partial charge is 0.343 e. The van der Waals surface area contributed by atoms with Gasteiger partial charge in [0.2, 0.25) is 5.91 Å². The summed E-state index contributed by atoms with van der Waals surface area (Å²) in [6, 6.07) is 11.1. The van der Waals surface area contributed by atoms with Gasteiger partial charge in [-0.25, -0.2) is 0 Å². The number of carbonyl (C=O) groups is 2. The Balaban J connectivity index is 1.99. The highest BCUT2D eigenvalue weighted by atomic mass is 79.9. The lowest BCUT2D eigenvalue weighted by atomic mass is 10.1. The second-order valence-electron chi connectivity index (χ2n) is 5.48. The van der Waals surface area contributed by atoms with Crippen molar-refractivity contribution in [2.24, 2.45) is 0 Å². The van der Waals surface area contributed by atoms with E-state index in [9.17, 15) is 9.59 Å². The van der Waals surface area contributed by atoms with Crippen LogP contribution in [0.15, 0.2) is 40.9 Å². The van der Waals surface area contributed by atoms with E-state index in [2.05, 4.69) is 26.6 Å². The second-order valence-corrected chi connectivity index (χ2v) is 6.34. The van der Waals surface area contributed by atoms with Crippen molar-refractivity contribution in [2.45, 2.75) is 20.8 Å². The van der Waals surface area contributed by atoms with E-state index >= 15 is 0 Å². The van der Waals surface area contributed by atoms with Crippen molar-refractivity contribution >= 4 is 33.4 Å². The number of hydrogen-bond acceptors (Lipinski definition) is 2. The van der Waals surface area contributed by atoms with Crippen LogP contribution in [-0.4, -0.2) is 18.4 Å². The minimum absolute atomic E-state index is 0.0765. The molecule has 0 unspecified atom stereocenters. The standard InChI is InChI=1S/C18H19BrN2O2/c1-11-8-12(2)17(13(3)9-11)21-16(22)10-20-18(23)14-6-4-5-7-15(14)19/h4-9H,10H2,1-3H3,(H,20,23)(H,21,22). The van der Waals surface area contributed by atoms with Crippen LogP contribution >= 0.6 is 15.9 Å². The Hall–Kier alpha value is -2.14. The zero-order chi connectivity index (χ0) is 17.0. The van der Waals surface area contributed by atoms with Crippen molar-refractivity contribution in [1.82, 2.24) is 5.32 Å². The molecule has 2 N–H and O–H groups in total. The number of hydrogen-bond donors (Lipinski definition) is 2. The summed E-state index contributed by atoms with van der Waals surface area (Å²) in [6.07, 6.45) is 0. The van der Waals surface area contributed by atoms with Crippen LogP contribution in [0.1, 0.15) is 27.0 Å². The van der Waals surface area contributed by atoms with Gasteiger partial charge in [0.1, 0.15) is 0 Å². The van der Waals surface area contributed by atoms with Crippen LogP contribution in [-0.2, 0) is 4.79 Å². The smallest absolute Gasteiger partial charge is 0.252 e. The van der Waals surface area contributed by atoms with Crippen LogP contribution in [0, 0.1) is 20.8 Å². The third-order valence-electron chi connectivity index (χ3n) is 3.47. The SMILES string of the molecule is Cc1cc(C)c(NC(=O)CNC(=O)c2ccccc2Br)c(C)c1. The molecule has 0 aromatic heterocycles. The van der Waals surface area contributed by atoms with Crippen LogP contribution < -0.4 is 10.6 Å². The fraction of sp³-hybridized carbons (Fsp3) is 0.222. The summed E-state index contributed by atoms with van der Waals surface area (Å²) in [5.74, 6) is -0.537. The predicted molar refractivity (Wildman–Crippen MR) is 95.8 cm³/mol. The highest BCUT2D eigenvalue weighted by Crippen LogP contribution is 2.21. The first-order chi connectivity index (χ1) is 10.9. The lowest BCUT2D eigenvalue weighted by molar-refractivity contribution is -0.115. The van der Waals surface area contributed by atoms with E-state index in [-0.39, 0.29) is 18.4 Å². The summed E-state index contributed by atoms with van der Waals surface area (Å²) in [5.41, 5.74) is 4.47. The van der Waals surface area contributed by atoms with Crippen molar-refractivity contribution in [3.8, 4) is 0 Å². The van der Waals surface area contributed by atoms with Crippen molar-refractivity contribution in [3.05, 3.63) is 63.1 Å². The lowest BCUT2D eigenvalue weighted by Gasteiger charge is -2.13. The maximum atomic E-state index is 12.1. The number of halogens is 1. The van der Waals surface area contributed by atoms with Crippen LogP contribution in [0.5, 0.6) is 0 Å². The number of benzene rings is 2. The number of amides is 2. The molecule has 0 bridgehead atoms. The van der Waals surface area contributed by atoms with E-state index < -0.39 is 0 Å². The Morgan fingerprint density at radius 2 is 1.65 bits per heavy atom. The average molecular weight is 375 g/mol. The molecule has 0 aliphatic carbocycles. The van der Waals surface area contributed by atoms with Crippen molar-refractivity contribution in [3.63, 3.8) is 0 Å². The molecule has 2 aromatic carbocycles. The van der Waals surface area contributed by atoms with Gasteiger partial charge in [-0.1, -0.05) is 29.8 Å². The van der Waals surface area contributed by atoms with Gasteiger partial charge in [-0.3, -0.25) is 9.59 Å². The first-order valence-corrected chi connectivity index (χ1v) is 8.08. The zero-order valence-corrected chi connectivity index (χ0v) is 15.0. The van der Waals surface area contributed by atoms with Crippen LogP contribution in [0.2, 0.25) is 0 Å². The maximum Gasteiger partial charge on any atom is 0.252 e. The number of anilines is 1. The Kier molecular flexibility index (Phi) is 5.55. The highest BCUT2D eigenvalue weighted by Gasteiger charge is 2.12. The Labute approximate surface area is 144 Å². The Bertz CT molecular complexity index is 733. The first-order valence-electron chi connectivity index (χ1n) is 7.29. The number of nitrogens with one attached hydrogen (secondary N) is 2. The number of aryl methyl sites for hydroxylation is 3. The molecule has 120 valence electrons. The third kappa shape index (κ3) is 4.42. The van der Waals surface area contributed by atoms with Crippen molar-refractivity contribution < 1.29 is 9.59 Å². The lowest BCUT2D eigenvalue weighted by Crippen LogP contribution is -2.33. The second kappa shape index (κ2) is 7.42. The molecular weight excluding hydrogens is 356 g/mol. The molecule has 2 amide bonds. The number of carbonyl (C=O) groups excluding carboxylic acids is 2. The molecule has 0 spiro atoms. The molecule has 0 heterocycles. The normalized spacial score (nSPS) is 10.3. The molecule has 0 aliphatic heterocycles. The van der Waals surface area contributed by atoms with E-state index in [1.54, 1.807) is 18.2 Å². The molecule has 4 nitrogen and oxygen atoms in total. The maximum absolute atomic E-state index is 12.1. The molecule has 5 heteroatoms. The van der Waals surface area contributed by atoms with Crippen molar-refractivity contribution in [1.29, 1.82) is 0 Å². The van der Waals surface area contributed by atoms with Gasteiger partial charge in [0.15, 0.2) is 0 Å². The average Bonchev–Trinajstić information content (AvgIpc) is 2.49. The van der Waals surface area contributed by atoms with E-state index in [1.807, 2.05) is 39.0 Å². The molecule has 0 saturated heterocycles. The predicted octanol–water partition coefficient (Wildman–Crippen LogP) is 3.74.